The first kappa shape index (κ1) is 9.60. The van der Waals surface area contributed by atoms with Crippen LogP contribution in [-0.2, 0) is 0 Å². The summed E-state index contributed by atoms with van der Waals surface area (Å²) in [6, 6.07) is 12.1. The summed E-state index contributed by atoms with van der Waals surface area (Å²) >= 11 is 3.49. The molecule has 2 aromatic heterocycles. The highest BCUT2D eigenvalue weighted by atomic mass is 79.9. The Kier molecular flexibility index (Phi) is 2.26. The van der Waals surface area contributed by atoms with Crippen molar-refractivity contribution in [1.82, 2.24) is 9.97 Å². The normalized spacial score (nSPS) is 10.8. The number of aromatic amines is 1. The Labute approximate surface area is 101 Å². The van der Waals surface area contributed by atoms with Gasteiger partial charge in [-0.3, -0.25) is 4.98 Å². The van der Waals surface area contributed by atoms with Crippen LogP contribution < -0.4 is 0 Å². The fraction of sp³-hybridized carbons (Fsp3) is 0. The third-order valence-electron chi connectivity index (χ3n) is 2.58. The number of fused-ring (bicyclic) bond motifs is 1. The summed E-state index contributed by atoms with van der Waals surface area (Å²) in [5.41, 5.74) is 3.26. The average Bonchev–Trinajstić information content (AvgIpc) is 2.73. The predicted molar refractivity (Wildman–Crippen MR) is 69.2 cm³/mol. The van der Waals surface area contributed by atoms with Crippen LogP contribution in [0.3, 0.4) is 0 Å². The molecule has 16 heavy (non-hydrogen) atoms. The van der Waals surface area contributed by atoms with Gasteiger partial charge in [0.2, 0.25) is 0 Å². The van der Waals surface area contributed by atoms with E-state index in [2.05, 4.69) is 38.0 Å². The molecule has 0 aliphatic rings. The largest absolute Gasteiger partial charge is 0.360 e. The van der Waals surface area contributed by atoms with E-state index in [4.69, 9.17) is 0 Å². The van der Waals surface area contributed by atoms with Gasteiger partial charge in [-0.2, -0.15) is 0 Å². The molecule has 3 rings (SSSR count). The van der Waals surface area contributed by atoms with E-state index in [9.17, 15) is 0 Å². The van der Waals surface area contributed by atoms with Gasteiger partial charge in [0.05, 0.1) is 5.69 Å². The van der Waals surface area contributed by atoms with E-state index in [0.717, 1.165) is 21.2 Å². The Morgan fingerprint density at radius 3 is 2.88 bits per heavy atom. The number of halogens is 1. The minimum Gasteiger partial charge on any atom is -0.360 e. The van der Waals surface area contributed by atoms with Crippen LogP contribution in [0, 0.1) is 0 Å². The van der Waals surface area contributed by atoms with Crippen molar-refractivity contribution in [2.45, 2.75) is 0 Å². The molecule has 0 saturated carbocycles. The number of pyridine rings is 1. The third-order valence-corrected chi connectivity index (χ3v) is 3.08. The van der Waals surface area contributed by atoms with E-state index in [0.29, 0.717) is 0 Å². The zero-order valence-electron chi connectivity index (χ0n) is 8.44. The highest BCUT2D eigenvalue weighted by Crippen LogP contribution is 2.29. The number of aromatic nitrogens is 2. The van der Waals surface area contributed by atoms with Crippen molar-refractivity contribution in [3.05, 3.63) is 53.3 Å². The lowest BCUT2D eigenvalue weighted by Crippen LogP contribution is -1.79. The van der Waals surface area contributed by atoms with E-state index in [1.165, 1.54) is 5.39 Å². The van der Waals surface area contributed by atoms with E-state index < -0.39 is 0 Å². The summed E-state index contributed by atoms with van der Waals surface area (Å²) < 4.78 is 1.08. The summed E-state index contributed by atoms with van der Waals surface area (Å²) in [5.74, 6) is 0. The summed E-state index contributed by atoms with van der Waals surface area (Å²) in [5, 5.41) is 1.19. The van der Waals surface area contributed by atoms with Crippen molar-refractivity contribution in [3.63, 3.8) is 0 Å². The monoisotopic (exact) mass is 272 g/mol. The number of hydrogen-bond acceptors (Lipinski definition) is 1. The van der Waals surface area contributed by atoms with Gasteiger partial charge in [-0.05, 0) is 30.3 Å². The molecule has 0 bridgehead atoms. The van der Waals surface area contributed by atoms with Gasteiger partial charge in [-0.15, -0.1) is 0 Å². The molecule has 3 aromatic rings. The zero-order valence-corrected chi connectivity index (χ0v) is 10.0. The SMILES string of the molecule is Brc1ccc2[nH]cc(-c3ccccn3)c2c1. The first-order chi connectivity index (χ1) is 7.84. The fourth-order valence-corrected chi connectivity index (χ4v) is 2.19. The fourth-order valence-electron chi connectivity index (χ4n) is 1.83. The van der Waals surface area contributed by atoms with Crippen molar-refractivity contribution in [3.8, 4) is 11.3 Å². The molecule has 0 saturated heterocycles. The van der Waals surface area contributed by atoms with Crippen molar-refractivity contribution < 1.29 is 0 Å². The number of nitrogens with one attached hydrogen (secondary N) is 1. The van der Waals surface area contributed by atoms with E-state index in [-0.39, 0.29) is 0 Å². The highest BCUT2D eigenvalue weighted by Gasteiger charge is 2.06. The first-order valence-corrected chi connectivity index (χ1v) is 5.82. The maximum Gasteiger partial charge on any atom is 0.0723 e. The number of rotatable bonds is 1. The standard InChI is InChI=1S/C13H9BrN2/c14-9-4-5-13-10(7-9)11(8-16-13)12-3-1-2-6-15-12/h1-8,16H. The molecular formula is C13H9BrN2. The van der Waals surface area contributed by atoms with E-state index in [1.807, 2.05) is 36.7 Å². The van der Waals surface area contributed by atoms with Gasteiger partial charge in [0.1, 0.15) is 0 Å². The van der Waals surface area contributed by atoms with Crippen LogP contribution in [-0.4, -0.2) is 9.97 Å². The Balaban J connectivity index is 2.29. The zero-order chi connectivity index (χ0) is 11.0. The molecular weight excluding hydrogens is 264 g/mol. The van der Waals surface area contributed by atoms with Gasteiger partial charge in [0, 0.05) is 33.3 Å². The van der Waals surface area contributed by atoms with Crippen molar-refractivity contribution in [2.75, 3.05) is 0 Å². The van der Waals surface area contributed by atoms with Gasteiger partial charge >= 0.3 is 0 Å². The number of nitrogens with zero attached hydrogens (tertiary/aromatic N) is 1. The van der Waals surface area contributed by atoms with Crippen LogP contribution in [0.2, 0.25) is 0 Å². The number of hydrogen-bond donors (Lipinski definition) is 1. The van der Waals surface area contributed by atoms with E-state index >= 15 is 0 Å². The molecule has 1 aromatic carbocycles. The van der Waals surface area contributed by atoms with Crippen LogP contribution in [0.5, 0.6) is 0 Å². The predicted octanol–water partition coefficient (Wildman–Crippen LogP) is 3.99. The van der Waals surface area contributed by atoms with Crippen molar-refractivity contribution >= 4 is 26.8 Å². The molecule has 0 unspecified atom stereocenters. The second-order valence-corrected chi connectivity index (χ2v) is 4.52. The molecule has 0 atom stereocenters. The summed E-state index contributed by atoms with van der Waals surface area (Å²) in [6.07, 6.45) is 3.81. The second-order valence-electron chi connectivity index (χ2n) is 3.61. The molecule has 0 radical (unpaired) electrons. The maximum atomic E-state index is 4.37. The van der Waals surface area contributed by atoms with Crippen LogP contribution in [0.1, 0.15) is 0 Å². The number of benzene rings is 1. The lowest BCUT2D eigenvalue weighted by Gasteiger charge is -1.98. The summed E-state index contributed by atoms with van der Waals surface area (Å²) in [6.45, 7) is 0. The van der Waals surface area contributed by atoms with Gasteiger partial charge in [-0.25, -0.2) is 0 Å². The van der Waals surface area contributed by atoms with Crippen LogP contribution in [0.4, 0.5) is 0 Å². The molecule has 78 valence electrons. The Morgan fingerprint density at radius 1 is 1.12 bits per heavy atom. The minimum atomic E-state index is 0.992. The van der Waals surface area contributed by atoms with Gasteiger partial charge in [0.15, 0.2) is 0 Å². The smallest absolute Gasteiger partial charge is 0.0723 e. The quantitative estimate of drug-likeness (QED) is 0.713. The van der Waals surface area contributed by atoms with Crippen LogP contribution in [0.15, 0.2) is 53.3 Å². The third kappa shape index (κ3) is 1.53. The first-order valence-electron chi connectivity index (χ1n) is 5.02. The molecule has 0 fully saturated rings. The van der Waals surface area contributed by atoms with Crippen molar-refractivity contribution in [1.29, 1.82) is 0 Å². The minimum absolute atomic E-state index is 0.992. The molecule has 2 nitrogen and oxygen atoms in total. The average molecular weight is 273 g/mol. The Bertz CT molecular complexity index is 629. The summed E-state index contributed by atoms with van der Waals surface area (Å²) in [4.78, 5) is 7.62. The Hall–Kier alpha value is -1.61. The van der Waals surface area contributed by atoms with Gasteiger partial charge < -0.3 is 4.98 Å². The van der Waals surface area contributed by atoms with Gasteiger partial charge in [-0.1, -0.05) is 22.0 Å². The second kappa shape index (κ2) is 3.76. The van der Waals surface area contributed by atoms with E-state index in [1.54, 1.807) is 0 Å². The molecule has 0 aliphatic heterocycles. The van der Waals surface area contributed by atoms with Gasteiger partial charge in [0.25, 0.3) is 0 Å². The van der Waals surface area contributed by atoms with Crippen LogP contribution in [0.25, 0.3) is 22.2 Å². The summed E-state index contributed by atoms with van der Waals surface area (Å²) in [7, 11) is 0. The maximum absolute atomic E-state index is 4.37. The highest BCUT2D eigenvalue weighted by molar-refractivity contribution is 9.10. The topological polar surface area (TPSA) is 28.7 Å². The molecule has 2 heterocycles. The molecule has 0 aliphatic carbocycles. The molecule has 0 spiro atoms. The molecule has 0 amide bonds. The number of H-pyrrole nitrogens is 1. The van der Waals surface area contributed by atoms with Crippen molar-refractivity contribution in [2.24, 2.45) is 0 Å². The lowest BCUT2D eigenvalue weighted by molar-refractivity contribution is 1.33. The molecule has 3 heteroatoms. The lowest BCUT2D eigenvalue weighted by atomic mass is 10.1. The Morgan fingerprint density at radius 2 is 2.06 bits per heavy atom. The van der Waals surface area contributed by atoms with Crippen LogP contribution >= 0.6 is 15.9 Å². The molecule has 1 N–H and O–H groups in total.